The molecule has 1 aliphatic heterocycles. The first-order valence-corrected chi connectivity index (χ1v) is 11.7. The molecule has 3 fully saturated rings. The fourth-order valence-electron chi connectivity index (χ4n) is 6.65. The van der Waals surface area contributed by atoms with Gasteiger partial charge in [0, 0.05) is 31.5 Å². The van der Waals surface area contributed by atoms with E-state index in [4.69, 9.17) is 9.47 Å². The Kier molecular flexibility index (Phi) is 5.44. The third-order valence-corrected chi connectivity index (χ3v) is 8.37. The molecule has 0 amide bonds. The van der Waals surface area contributed by atoms with E-state index in [1.54, 1.807) is 0 Å². The number of benzene rings is 1. The summed E-state index contributed by atoms with van der Waals surface area (Å²) in [6.45, 7) is 6.22. The van der Waals surface area contributed by atoms with Crippen molar-refractivity contribution in [3.63, 3.8) is 0 Å². The van der Waals surface area contributed by atoms with Crippen molar-refractivity contribution in [3.05, 3.63) is 29.3 Å². The molecule has 1 heterocycles. The van der Waals surface area contributed by atoms with E-state index in [0.29, 0.717) is 35.7 Å². The summed E-state index contributed by atoms with van der Waals surface area (Å²) in [6.07, 6.45) is 6.57. The minimum atomic E-state index is -0.159. The Bertz CT molecular complexity index is 830. The van der Waals surface area contributed by atoms with E-state index in [9.17, 15) is 9.59 Å². The molecule has 0 unspecified atom stereocenters. The Morgan fingerprint density at radius 2 is 2.03 bits per heavy atom. The summed E-state index contributed by atoms with van der Waals surface area (Å²) in [5.41, 5.74) is 2.69. The van der Waals surface area contributed by atoms with Gasteiger partial charge >= 0.3 is 5.97 Å². The summed E-state index contributed by atoms with van der Waals surface area (Å²) in [7, 11) is 0. The van der Waals surface area contributed by atoms with Crippen molar-refractivity contribution in [2.24, 2.45) is 17.3 Å². The van der Waals surface area contributed by atoms with Crippen molar-refractivity contribution in [1.29, 1.82) is 0 Å². The minimum absolute atomic E-state index is 0.0748. The fraction of sp³-hybridized carbons (Fsp3) is 0.680. The van der Waals surface area contributed by atoms with Crippen LogP contribution in [0.3, 0.4) is 0 Å². The lowest BCUT2D eigenvalue weighted by molar-refractivity contribution is -0.135. The molecule has 0 spiro atoms. The van der Waals surface area contributed by atoms with Gasteiger partial charge in [-0.05, 0) is 73.1 Å². The molecule has 5 nitrogen and oxygen atoms in total. The molecule has 0 N–H and O–H groups in total. The highest BCUT2D eigenvalue weighted by Crippen LogP contribution is 2.59. The predicted molar refractivity (Wildman–Crippen MR) is 114 cm³/mol. The Hall–Kier alpha value is -1.72. The lowest BCUT2D eigenvalue weighted by Crippen LogP contribution is -2.42. The number of aryl methyl sites for hydroxylation is 1. The van der Waals surface area contributed by atoms with Gasteiger partial charge in [-0.3, -0.25) is 14.5 Å². The van der Waals surface area contributed by atoms with Crippen LogP contribution in [0.4, 0.5) is 0 Å². The largest absolute Gasteiger partial charge is 0.426 e. The zero-order chi connectivity index (χ0) is 20.7. The van der Waals surface area contributed by atoms with Gasteiger partial charge in [0.05, 0.1) is 19.6 Å². The zero-order valence-corrected chi connectivity index (χ0v) is 18.0. The Balaban J connectivity index is 1.23. The fourth-order valence-corrected chi connectivity index (χ4v) is 6.65. The number of carbonyl (C=O) groups excluding carboxylic acids is 2. The van der Waals surface area contributed by atoms with Gasteiger partial charge in [0.25, 0.3) is 0 Å². The van der Waals surface area contributed by atoms with Gasteiger partial charge in [-0.2, -0.15) is 0 Å². The first-order valence-electron chi connectivity index (χ1n) is 11.7. The van der Waals surface area contributed by atoms with E-state index < -0.39 is 0 Å². The van der Waals surface area contributed by atoms with Crippen LogP contribution in [0.15, 0.2) is 18.2 Å². The second-order valence-electron chi connectivity index (χ2n) is 9.87. The lowest BCUT2D eigenvalue weighted by Gasteiger charge is -2.48. The SMILES string of the molecule is C[C@]12CC[C@H]3c4ccc(OC(=O)CCN5CCOCC5)cc4CC[C@H]3[C@@H]1CCC2=O. The summed E-state index contributed by atoms with van der Waals surface area (Å²) in [6, 6.07) is 6.25. The number of Topliss-reactive ketones (excluding diaryl/α,β-unsaturated/α-hetero) is 1. The van der Waals surface area contributed by atoms with Gasteiger partial charge < -0.3 is 9.47 Å². The lowest BCUT2D eigenvalue weighted by atomic mass is 9.55. The highest BCUT2D eigenvalue weighted by molar-refractivity contribution is 5.87. The maximum absolute atomic E-state index is 12.5. The van der Waals surface area contributed by atoms with E-state index in [2.05, 4.69) is 24.0 Å². The third-order valence-electron chi connectivity index (χ3n) is 8.37. The van der Waals surface area contributed by atoms with Gasteiger partial charge in [-0.1, -0.05) is 13.0 Å². The van der Waals surface area contributed by atoms with Crippen LogP contribution in [0.5, 0.6) is 5.75 Å². The Morgan fingerprint density at radius 1 is 1.20 bits per heavy atom. The average Bonchev–Trinajstić information content (AvgIpc) is 3.07. The van der Waals surface area contributed by atoms with Crippen LogP contribution in [0, 0.1) is 17.3 Å². The summed E-state index contributed by atoms with van der Waals surface area (Å²) < 4.78 is 11.0. The zero-order valence-electron chi connectivity index (χ0n) is 18.0. The molecule has 4 aliphatic rings. The van der Waals surface area contributed by atoms with Crippen LogP contribution in [0.25, 0.3) is 0 Å². The molecule has 0 bridgehead atoms. The summed E-state index contributed by atoms with van der Waals surface area (Å²) in [5, 5.41) is 0. The van der Waals surface area contributed by atoms with Crippen LogP contribution >= 0.6 is 0 Å². The molecule has 3 aliphatic carbocycles. The van der Waals surface area contributed by atoms with E-state index in [-0.39, 0.29) is 11.4 Å². The normalized spacial score (nSPS) is 33.5. The quantitative estimate of drug-likeness (QED) is 0.558. The summed E-state index contributed by atoms with van der Waals surface area (Å²) in [5.74, 6) is 2.75. The molecular formula is C25H33NO4. The number of ether oxygens (including phenoxy) is 2. The van der Waals surface area contributed by atoms with Gasteiger partial charge in [0.1, 0.15) is 11.5 Å². The van der Waals surface area contributed by atoms with E-state index in [1.807, 2.05) is 6.07 Å². The van der Waals surface area contributed by atoms with E-state index in [0.717, 1.165) is 71.4 Å². The molecular weight excluding hydrogens is 378 g/mol. The Morgan fingerprint density at radius 3 is 2.87 bits per heavy atom. The van der Waals surface area contributed by atoms with Crippen molar-refractivity contribution in [3.8, 4) is 5.75 Å². The van der Waals surface area contributed by atoms with E-state index >= 15 is 0 Å². The van der Waals surface area contributed by atoms with Crippen LogP contribution in [0.1, 0.15) is 62.5 Å². The summed E-state index contributed by atoms with van der Waals surface area (Å²) in [4.78, 5) is 27.1. The van der Waals surface area contributed by atoms with Gasteiger partial charge in [-0.25, -0.2) is 0 Å². The van der Waals surface area contributed by atoms with Crippen LogP contribution in [-0.4, -0.2) is 49.5 Å². The number of carbonyl (C=O) groups is 2. The second kappa shape index (κ2) is 8.08. The first kappa shape index (κ1) is 20.2. The van der Waals surface area contributed by atoms with Crippen molar-refractivity contribution in [1.82, 2.24) is 4.90 Å². The topological polar surface area (TPSA) is 55.8 Å². The maximum atomic E-state index is 12.5. The van der Waals surface area contributed by atoms with Crippen molar-refractivity contribution in [2.45, 2.75) is 57.8 Å². The van der Waals surface area contributed by atoms with Crippen LogP contribution in [0.2, 0.25) is 0 Å². The third kappa shape index (κ3) is 3.60. The second-order valence-corrected chi connectivity index (χ2v) is 9.87. The minimum Gasteiger partial charge on any atom is -0.426 e. The molecule has 1 saturated heterocycles. The molecule has 1 aromatic rings. The Labute approximate surface area is 179 Å². The van der Waals surface area contributed by atoms with Crippen molar-refractivity contribution >= 4 is 11.8 Å². The number of fused-ring (bicyclic) bond motifs is 5. The molecule has 1 aromatic carbocycles. The first-order chi connectivity index (χ1) is 14.5. The highest BCUT2D eigenvalue weighted by atomic mass is 16.5. The van der Waals surface area contributed by atoms with Gasteiger partial charge in [0.2, 0.25) is 0 Å². The smallest absolute Gasteiger partial charge is 0.312 e. The number of hydrogen-bond acceptors (Lipinski definition) is 5. The number of esters is 1. The maximum Gasteiger partial charge on any atom is 0.312 e. The van der Waals surface area contributed by atoms with Crippen molar-refractivity contribution in [2.75, 3.05) is 32.8 Å². The molecule has 162 valence electrons. The highest BCUT2D eigenvalue weighted by Gasteiger charge is 2.54. The molecule has 5 heteroatoms. The van der Waals surface area contributed by atoms with Crippen LogP contribution in [-0.2, 0) is 20.7 Å². The molecule has 0 aromatic heterocycles. The van der Waals surface area contributed by atoms with Crippen LogP contribution < -0.4 is 4.74 Å². The number of nitrogens with zero attached hydrogens (tertiary/aromatic N) is 1. The predicted octanol–water partition coefficient (Wildman–Crippen LogP) is 3.74. The molecule has 0 radical (unpaired) electrons. The monoisotopic (exact) mass is 411 g/mol. The summed E-state index contributed by atoms with van der Waals surface area (Å²) >= 11 is 0. The number of ketones is 1. The molecule has 5 rings (SSSR count). The average molecular weight is 412 g/mol. The number of rotatable bonds is 4. The van der Waals surface area contributed by atoms with E-state index in [1.165, 1.54) is 11.1 Å². The standard InChI is InChI=1S/C25H33NO4/c1-25-10-8-20-19-5-3-18(30-24(28)9-11-26-12-14-29-15-13-26)16-17(19)2-4-21(20)22(25)6-7-23(25)27/h3,5,16,20-22H,2,4,6-15H2,1H3/t20-,21+,22-,25-/m0/s1. The molecule has 30 heavy (non-hydrogen) atoms. The van der Waals surface area contributed by atoms with Gasteiger partial charge in [-0.15, -0.1) is 0 Å². The molecule has 4 atom stereocenters. The van der Waals surface area contributed by atoms with Crippen molar-refractivity contribution < 1.29 is 19.1 Å². The number of morpholine rings is 1. The van der Waals surface area contributed by atoms with Gasteiger partial charge in [0.15, 0.2) is 0 Å². The molecule has 2 saturated carbocycles. The number of hydrogen-bond donors (Lipinski definition) is 0.